The van der Waals surface area contributed by atoms with E-state index in [1.165, 1.54) is 25.3 Å². The molecule has 6 nitrogen and oxygen atoms in total. The summed E-state index contributed by atoms with van der Waals surface area (Å²) in [6.45, 7) is 1.62. The quantitative estimate of drug-likeness (QED) is 0.691. The Kier molecular flexibility index (Phi) is 6.80. The molecular weight excluding hydrogens is 361 g/mol. The van der Waals surface area contributed by atoms with Crippen LogP contribution in [0.1, 0.15) is 5.56 Å². The number of ether oxygens (including phenoxy) is 1. The number of hydrogen-bond donors (Lipinski definition) is 3. The number of benzene rings is 2. The largest absolute Gasteiger partial charge is 0.495 e. The lowest BCUT2D eigenvalue weighted by Gasteiger charge is -2.12. The summed E-state index contributed by atoms with van der Waals surface area (Å²) in [5.41, 5.74) is 2.00. The molecule has 0 fully saturated rings. The number of amides is 2. The molecular formula is C18H19ClFN3O3. The maximum absolute atomic E-state index is 13.1. The van der Waals surface area contributed by atoms with E-state index in [1.807, 2.05) is 13.0 Å². The van der Waals surface area contributed by atoms with E-state index in [2.05, 4.69) is 16.0 Å². The standard InChI is InChI=1S/C18H19ClFN3O3/c1-11-3-6-16(26-2)15(7-11)23-18(25)10-22-17(24)9-21-12-4-5-14(20)13(19)8-12/h3-8,21H,9-10H2,1-2H3,(H,22,24)(H,23,25). The summed E-state index contributed by atoms with van der Waals surface area (Å²) in [6, 6.07) is 9.43. The third kappa shape index (κ3) is 5.63. The molecule has 0 unspecified atom stereocenters. The molecule has 8 heteroatoms. The minimum absolute atomic E-state index is 0.0399. The van der Waals surface area contributed by atoms with E-state index in [0.717, 1.165) is 5.56 Å². The van der Waals surface area contributed by atoms with Crippen molar-refractivity contribution in [2.75, 3.05) is 30.8 Å². The lowest BCUT2D eigenvalue weighted by molar-refractivity contribution is -0.122. The molecule has 0 spiro atoms. The Morgan fingerprint density at radius 3 is 2.58 bits per heavy atom. The Morgan fingerprint density at radius 2 is 1.88 bits per heavy atom. The van der Waals surface area contributed by atoms with E-state index < -0.39 is 11.7 Å². The third-order valence-corrected chi connectivity index (χ3v) is 3.74. The molecule has 2 amide bonds. The lowest BCUT2D eigenvalue weighted by Crippen LogP contribution is -2.36. The molecule has 0 aliphatic carbocycles. The second-order valence-corrected chi connectivity index (χ2v) is 5.92. The van der Waals surface area contributed by atoms with Gasteiger partial charge in [0.25, 0.3) is 0 Å². The zero-order valence-electron chi connectivity index (χ0n) is 14.4. The molecule has 3 N–H and O–H groups in total. The predicted octanol–water partition coefficient (Wildman–Crippen LogP) is 2.96. The molecule has 138 valence electrons. The average molecular weight is 380 g/mol. The minimum Gasteiger partial charge on any atom is -0.495 e. The Morgan fingerprint density at radius 1 is 1.12 bits per heavy atom. The summed E-state index contributed by atoms with van der Waals surface area (Å²) >= 11 is 5.67. The van der Waals surface area contributed by atoms with Gasteiger partial charge in [-0.25, -0.2) is 4.39 Å². The van der Waals surface area contributed by atoms with Crippen molar-refractivity contribution in [3.63, 3.8) is 0 Å². The summed E-state index contributed by atoms with van der Waals surface area (Å²) in [4.78, 5) is 23.8. The molecule has 0 saturated carbocycles. The van der Waals surface area contributed by atoms with Gasteiger partial charge in [0.15, 0.2) is 0 Å². The van der Waals surface area contributed by atoms with Crippen molar-refractivity contribution in [2.24, 2.45) is 0 Å². The summed E-state index contributed by atoms with van der Waals surface area (Å²) in [5, 5.41) is 7.93. The number of rotatable bonds is 7. The molecule has 2 aromatic rings. The molecule has 0 bridgehead atoms. The fourth-order valence-electron chi connectivity index (χ4n) is 2.14. The van der Waals surface area contributed by atoms with Crippen LogP contribution in [0.25, 0.3) is 0 Å². The zero-order valence-corrected chi connectivity index (χ0v) is 15.1. The van der Waals surface area contributed by atoms with Crippen molar-refractivity contribution in [3.05, 3.63) is 52.8 Å². The van der Waals surface area contributed by atoms with Gasteiger partial charge in [-0.2, -0.15) is 0 Å². The third-order valence-electron chi connectivity index (χ3n) is 3.45. The minimum atomic E-state index is -0.537. The molecule has 0 aliphatic heterocycles. The van der Waals surface area contributed by atoms with E-state index in [1.54, 1.807) is 12.1 Å². The molecule has 2 rings (SSSR count). The van der Waals surface area contributed by atoms with Crippen LogP contribution in [0.5, 0.6) is 5.75 Å². The molecule has 0 aliphatic rings. The van der Waals surface area contributed by atoms with Crippen LogP contribution in [0.15, 0.2) is 36.4 Å². The van der Waals surface area contributed by atoms with Gasteiger partial charge in [-0.15, -0.1) is 0 Å². The van der Waals surface area contributed by atoms with Crippen molar-refractivity contribution < 1.29 is 18.7 Å². The molecule has 0 atom stereocenters. The van der Waals surface area contributed by atoms with Crippen molar-refractivity contribution in [2.45, 2.75) is 6.92 Å². The maximum Gasteiger partial charge on any atom is 0.243 e. The van der Waals surface area contributed by atoms with Gasteiger partial charge >= 0.3 is 0 Å². The van der Waals surface area contributed by atoms with E-state index in [9.17, 15) is 14.0 Å². The van der Waals surface area contributed by atoms with Crippen LogP contribution in [-0.2, 0) is 9.59 Å². The number of nitrogens with one attached hydrogen (secondary N) is 3. The van der Waals surface area contributed by atoms with Gasteiger partial charge in [0.2, 0.25) is 11.8 Å². The zero-order chi connectivity index (χ0) is 19.1. The first kappa shape index (κ1) is 19.5. The molecule has 26 heavy (non-hydrogen) atoms. The summed E-state index contributed by atoms with van der Waals surface area (Å²) in [6.07, 6.45) is 0. The van der Waals surface area contributed by atoms with Gasteiger partial charge in [-0.3, -0.25) is 9.59 Å². The van der Waals surface area contributed by atoms with Crippen LogP contribution in [0.2, 0.25) is 5.02 Å². The van der Waals surface area contributed by atoms with Gasteiger partial charge in [-0.05, 0) is 42.8 Å². The molecule has 0 saturated heterocycles. The molecule has 0 heterocycles. The number of halogens is 2. The number of anilines is 2. The topological polar surface area (TPSA) is 79.5 Å². The average Bonchev–Trinajstić information content (AvgIpc) is 2.61. The van der Waals surface area contributed by atoms with Crippen molar-refractivity contribution in [3.8, 4) is 5.75 Å². The van der Waals surface area contributed by atoms with Gasteiger partial charge in [0.1, 0.15) is 11.6 Å². The summed E-state index contributed by atoms with van der Waals surface area (Å²) < 4.78 is 18.3. The molecule has 0 aromatic heterocycles. The van der Waals surface area contributed by atoms with Crippen molar-refractivity contribution in [1.82, 2.24) is 5.32 Å². The lowest BCUT2D eigenvalue weighted by atomic mass is 10.2. The Bertz CT molecular complexity index is 814. The van der Waals surface area contributed by atoms with Crippen LogP contribution in [0.4, 0.5) is 15.8 Å². The normalized spacial score (nSPS) is 10.2. The predicted molar refractivity (Wildman–Crippen MR) is 99.3 cm³/mol. The number of aryl methyl sites for hydroxylation is 1. The number of carbonyl (C=O) groups excluding carboxylic acids is 2. The highest BCUT2D eigenvalue weighted by Gasteiger charge is 2.10. The van der Waals surface area contributed by atoms with E-state index in [4.69, 9.17) is 16.3 Å². The first-order chi connectivity index (χ1) is 12.4. The first-order valence-electron chi connectivity index (χ1n) is 7.79. The van der Waals surface area contributed by atoms with Crippen molar-refractivity contribution in [1.29, 1.82) is 0 Å². The highest BCUT2D eigenvalue weighted by Crippen LogP contribution is 2.25. The number of carbonyl (C=O) groups is 2. The molecule has 0 radical (unpaired) electrons. The summed E-state index contributed by atoms with van der Waals surface area (Å²) in [7, 11) is 1.51. The van der Waals surface area contributed by atoms with Crippen LogP contribution < -0.4 is 20.7 Å². The fraction of sp³-hybridized carbons (Fsp3) is 0.222. The van der Waals surface area contributed by atoms with E-state index in [-0.39, 0.29) is 24.0 Å². The van der Waals surface area contributed by atoms with Gasteiger partial charge in [0.05, 0.1) is 30.9 Å². The Balaban J connectivity index is 1.80. The highest BCUT2D eigenvalue weighted by atomic mass is 35.5. The summed E-state index contributed by atoms with van der Waals surface area (Å²) in [5.74, 6) is -0.779. The van der Waals surface area contributed by atoms with E-state index in [0.29, 0.717) is 17.1 Å². The first-order valence-corrected chi connectivity index (χ1v) is 8.17. The maximum atomic E-state index is 13.1. The fourth-order valence-corrected chi connectivity index (χ4v) is 2.32. The van der Waals surface area contributed by atoms with Crippen LogP contribution in [-0.4, -0.2) is 32.0 Å². The second kappa shape index (κ2) is 9.05. The molecule has 2 aromatic carbocycles. The highest BCUT2D eigenvalue weighted by molar-refractivity contribution is 6.31. The van der Waals surface area contributed by atoms with Gasteiger partial charge in [0, 0.05) is 5.69 Å². The number of methoxy groups -OCH3 is 1. The second-order valence-electron chi connectivity index (χ2n) is 5.51. The Labute approximate surface area is 155 Å². The van der Waals surface area contributed by atoms with Crippen LogP contribution in [0.3, 0.4) is 0 Å². The van der Waals surface area contributed by atoms with Crippen molar-refractivity contribution >= 4 is 34.8 Å². The Hall–Kier alpha value is -2.80. The van der Waals surface area contributed by atoms with Crippen LogP contribution >= 0.6 is 11.6 Å². The van der Waals surface area contributed by atoms with Gasteiger partial charge < -0.3 is 20.7 Å². The van der Waals surface area contributed by atoms with Gasteiger partial charge in [-0.1, -0.05) is 17.7 Å². The van der Waals surface area contributed by atoms with E-state index >= 15 is 0 Å². The monoisotopic (exact) mass is 379 g/mol. The van der Waals surface area contributed by atoms with Crippen LogP contribution in [0, 0.1) is 12.7 Å². The smallest absolute Gasteiger partial charge is 0.243 e. The SMILES string of the molecule is COc1ccc(C)cc1NC(=O)CNC(=O)CNc1ccc(F)c(Cl)c1. The number of hydrogen-bond acceptors (Lipinski definition) is 4.